The van der Waals surface area contributed by atoms with E-state index in [9.17, 15) is 20.4 Å². The number of aliphatic hydroxyl groups excluding tert-OH is 4. The van der Waals surface area contributed by atoms with Crippen LogP contribution in [0.25, 0.3) is 0 Å². The van der Waals surface area contributed by atoms with E-state index in [4.69, 9.17) is 9.84 Å². The maximum absolute atomic E-state index is 10.7. The minimum absolute atomic E-state index is 0.0477. The fraction of sp³-hybridized carbons (Fsp3) is 0.625. The molecule has 5 N–H and O–H groups in total. The Labute approximate surface area is 135 Å². The fourth-order valence-electron chi connectivity index (χ4n) is 2.83. The van der Waals surface area contributed by atoms with Crippen LogP contribution in [-0.2, 0) is 4.74 Å². The minimum Gasteiger partial charge on any atom is -0.394 e. The van der Waals surface area contributed by atoms with E-state index in [0.29, 0.717) is 0 Å². The van der Waals surface area contributed by atoms with E-state index in [2.05, 4.69) is 0 Å². The van der Waals surface area contributed by atoms with Crippen LogP contribution in [0, 0.1) is 0 Å². The second-order valence-electron chi connectivity index (χ2n) is 6.14. The molecule has 0 aromatic heterocycles. The lowest BCUT2D eigenvalue weighted by Crippen LogP contribution is -2.64. The first-order chi connectivity index (χ1) is 10.8. The molecule has 1 aromatic carbocycles. The van der Waals surface area contributed by atoms with Crippen LogP contribution >= 0.6 is 0 Å². The molecule has 0 amide bonds. The smallest absolute Gasteiger partial charge is 0.208 e. The molecule has 7 nitrogen and oxygen atoms in total. The van der Waals surface area contributed by atoms with Crippen LogP contribution in [0.15, 0.2) is 30.3 Å². The lowest BCUT2D eigenvalue weighted by atomic mass is 9.93. The lowest BCUT2D eigenvalue weighted by Gasteiger charge is -2.48. The molecular formula is C16H25NO6. The van der Waals surface area contributed by atoms with E-state index < -0.39 is 36.8 Å². The summed E-state index contributed by atoms with van der Waals surface area (Å²) in [5, 5.41) is 49.3. The lowest BCUT2D eigenvalue weighted by molar-refractivity contribution is -0.333. The van der Waals surface area contributed by atoms with Gasteiger partial charge < -0.3 is 30.3 Å². The highest BCUT2D eigenvalue weighted by Gasteiger charge is 2.50. The van der Waals surface area contributed by atoms with Crippen LogP contribution in [-0.4, -0.2) is 80.8 Å². The predicted molar refractivity (Wildman–Crippen MR) is 82.4 cm³/mol. The topological polar surface area (TPSA) is 114 Å². The van der Waals surface area contributed by atoms with E-state index in [-0.39, 0.29) is 12.6 Å². The molecule has 130 valence electrons. The molecule has 1 aliphatic heterocycles. The number of nitrogens with zero attached hydrogens (tertiary/aromatic N) is 1. The van der Waals surface area contributed by atoms with E-state index in [1.165, 1.54) is 0 Å². The molecule has 23 heavy (non-hydrogen) atoms. The molecule has 0 bridgehead atoms. The Morgan fingerprint density at radius 2 is 1.87 bits per heavy atom. The van der Waals surface area contributed by atoms with Gasteiger partial charge in [-0.1, -0.05) is 30.3 Å². The van der Waals surface area contributed by atoms with Crippen molar-refractivity contribution in [2.45, 2.75) is 43.2 Å². The summed E-state index contributed by atoms with van der Waals surface area (Å²) in [6.45, 7) is 1.15. The molecule has 0 spiro atoms. The number of β-amino-alcohol motifs (C(OH)–C–C–N with tert-alkyl or cyclic N) is 1. The Kier molecular flexibility index (Phi) is 5.74. The Hall–Kier alpha value is -1.06. The van der Waals surface area contributed by atoms with Gasteiger partial charge in [-0.3, -0.25) is 4.90 Å². The number of ether oxygens (including phenoxy) is 1. The van der Waals surface area contributed by atoms with Crippen LogP contribution in [0.3, 0.4) is 0 Å². The van der Waals surface area contributed by atoms with Gasteiger partial charge in [-0.2, -0.15) is 0 Å². The number of hydrogen-bond acceptors (Lipinski definition) is 7. The number of rotatable bonds is 5. The second kappa shape index (κ2) is 7.23. The van der Waals surface area contributed by atoms with Crippen molar-refractivity contribution in [2.75, 3.05) is 20.2 Å². The summed E-state index contributed by atoms with van der Waals surface area (Å²) in [6.07, 6.45) is -5.60. The zero-order valence-corrected chi connectivity index (χ0v) is 13.3. The summed E-state index contributed by atoms with van der Waals surface area (Å²) in [6, 6.07) is 9.20. The molecule has 1 fully saturated rings. The number of benzene rings is 1. The Balaban J connectivity index is 2.25. The van der Waals surface area contributed by atoms with Crippen LogP contribution in [0.1, 0.15) is 18.6 Å². The normalized spacial score (nSPS) is 33.2. The van der Waals surface area contributed by atoms with Crippen molar-refractivity contribution < 1.29 is 30.3 Å². The first-order valence-electron chi connectivity index (χ1n) is 7.60. The van der Waals surface area contributed by atoms with Crippen molar-refractivity contribution in [3.63, 3.8) is 0 Å². The number of morpholine rings is 1. The van der Waals surface area contributed by atoms with Crippen molar-refractivity contribution in [1.82, 2.24) is 4.90 Å². The Morgan fingerprint density at radius 1 is 1.26 bits per heavy atom. The third kappa shape index (κ3) is 3.72. The minimum atomic E-state index is -2.07. The zero-order valence-electron chi connectivity index (χ0n) is 13.3. The molecule has 1 aliphatic rings. The van der Waals surface area contributed by atoms with Gasteiger partial charge >= 0.3 is 0 Å². The van der Waals surface area contributed by atoms with Gasteiger partial charge in [-0.15, -0.1) is 0 Å². The molecule has 1 heterocycles. The van der Waals surface area contributed by atoms with E-state index >= 15 is 0 Å². The van der Waals surface area contributed by atoms with E-state index in [1.54, 1.807) is 7.05 Å². The largest absolute Gasteiger partial charge is 0.394 e. The third-order valence-electron chi connectivity index (χ3n) is 4.44. The maximum atomic E-state index is 10.7. The highest BCUT2D eigenvalue weighted by atomic mass is 16.7. The molecule has 7 heteroatoms. The summed E-state index contributed by atoms with van der Waals surface area (Å²) in [4.78, 5) is 1.81. The van der Waals surface area contributed by atoms with Gasteiger partial charge in [0.05, 0.1) is 13.2 Å². The molecule has 1 unspecified atom stereocenters. The van der Waals surface area contributed by atoms with Gasteiger partial charge in [-0.05, 0) is 19.5 Å². The Bertz CT molecular complexity index is 501. The predicted octanol–water partition coefficient (Wildman–Crippen LogP) is -1.16. The quantitative estimate of drug-likeness (QED) is 0.464. The molecular weight excluding hydrogens is 302 g/mol. The van der Waals surface area contributed by atoms with Crippen molar-refractivity contribution in [1.29, 1.82) is 0 Å². The monoisotopic (exact) mass is 327 g/mol. The third-order valence-corrected chi connectivity index (χ3v) is 4.44. The van der Waals surface area contributed by atoms with E-state index in [0.717, 1.165) is 5.56 Å². The number of likely N-dealkylation sites (N-methyl/N-ethyl adjacent to an activating group) is 1. The molecule has 1 aromatic rings. The highest BCUT2D eigenvalue weighted by Crippen LogP contribution is 2.36. The summed E-state index contributed by atoms with van der Waals surface area (Å²) in [5.41, 5.74) is 0.828. The summed E-state index contributed by atoms with van der Waals surface area (Å²) < 4.78 is 5.73. The Morgan fingerprint density at radius 3 is 2.43 bits per heavy atom. The first-order valence-corrected chi connectivity index (χ1v) is 7.60. The molecule has 6 atom stereocenters. The van der Waals surface area contributed by atoms with E-state index in [1.807, 2.05) is 42.2 Å². The summed E-state index contributed by atoms with van der Waals surface area (Å²) in [7, 11) is 1.77. The van der Waals surface area contributed by atoms with Gasteiger partial charge in [0.2, 0.25) is 5.79 Å². The molecule has 2 rings (SSSR count). The second-order valence-corrected chi connectivity index (χ2v) is 6.14. The van der Waals surface area contributed by atoms with Crippen LogP contribution in [0.5, 0.6) is 0 Å². The maximum Gasteiger partial charge on any atom is 0.208 e. The van der Waals surface area contributed by atoms with Crippen molar-refractivity contribution in [2.24, 2.45) is 0 Å². The average molecular weight is 327 g/mol. The first kappa shape index (κ1) is 18.3. The highest BCUT2D eigenvalue weighted by molar-refractivity contribution is 5.20. The van der Waals surface area contributed by atoms with Gasteiger partial charge in [-0.25, -0.2) is 0 Å². The van der Waals surface area contributed by atoms with Gasteiger partial charge in [0, 0.05) is 6.04 Å². The summed E-state index contributed by atoms with van der Waals surface area (Å²) in [5.74, 6) is -2.07. The van der Waals surface area contributed by atoms with Crippen LogP contribution in [0.4, 0.5) is 0 Å². The standard InChI is InChI=1S/C16H25NO6/c1-10-14(11-6-4-3-5-7-11)23-16(22,9-17(10)2)15(21)13(20)12(19)8-18/h3-7,10,12-15,18-22H,8-9H2,1-2H3/t10-,12+,13+,14+,15-,16?/m0/s1. The van der Waals surface area contributed by atoms with Gasteiger partial charge in [0.1, 0.15) is 24.4 Å². The van der Waals surface area contributed by atoms with Crippen molar-refractivity contribution in [3.05, 3.63) is 35.9 Å². The average Bonchev–Trinajstić information content (AvgIpc) is 2.56. The fourth-order valence-corrected chi connectivity index (χ4v) is 2.83. The number of hydrogen-bond donors (Lipinski definition) is 5. The van der Waals surface area contributed by atoms with Crippen LogP contribution < -0.4 is 0 Å². The SMILES string of the molecule is C[C@H]1[C@H](c2ccccc2)OC(O)([C@@H](O)[C@H](O)[C@H](O)CO)CN1C. The zero-order chi connectivity index (χ0) is 17.2. The number of aliphatic hydroxyl groups is 5. The summed E-state index contributed by atoms with van der Waals surface area (Å²) >= 11 is 0. The van der Waals surface area contributed by atoms with Crippen molar-refractivity contribution >= 4 is 0 Å². The van der Waals surface area contributed by atoms with Crippen molar-refractivity contribution in [3.8, 4) is 0 Å². The molecule has 0 saturated carbocycles. The van der Waals surface area contributed by atoms with Crippen LogP contribution in [0.2, 0.25) is 0 Å². The van der Waals surface area contributed by atoms with Gasteiger partial charge in [0.15, 0.2) is 0 Å². The molecule has 1 saturated heterocycles. The molecule has 0 aliphatic carbocycles. The molecule has 0 radical (unpaired) electrons. The van der Waals surface area contributed by atoms with Gasteiger partial charge in [0.25, 0.3) is 0 Å².